The van der Waals surface area contributed by atoms with E-state index in [9.17, 15) is 31.1 Å². The van der Waals surface area contributed by atoms with Crippen molar-refractivity contribution in [2.45, 2.75) is 12.5 Å². The number of alkyl halides is 6. The number of hydrogen-bond acceptors (Lipinski definition) is 3. The molecule has 0 aliphatic carbocycles. The first kappa shape index (κ1) is 16.8. The molecule has 1 heterocycles. The molecule has 0 fully saturated rings. The Hall–Kier alpha value is -2.58. The van der Waals surface area contributed by atoms with Gasteiger partial charge in [0, 0.05) is 11.1 Å². The molecular formula is C14H7F6NO2. The molecule has 122 valence electrons. The van der Waals surface area contributed by atoms with Gasteiger partial charge in [0.2, 0.25) is 0 Å². The topological polar surface area (TPSA) is 39.2 Å². The summed E-state index contributed by atoms with van der Waals surface area (Å²) in [6.45, 7) is 0. The molecule has 0 saturated carbocycles. The summed E-state index contributed by atoms with van der Waals surface area (Å²) in [5.74, 6) is -0.719. The van der Waals surface area contributed by atoms with E-state index in [1.807, 2.05) is 0 Å². The van der Waals surface area contributed by atoms with Crippen molar-refractivity contribution in [3.8, 4) is 17.0 Å². The van der Waals surface area contributed by atoms with Crippen molar-refractivity contribution < 1.29 is 35.9 Å². The number of aromatic nitrogens is 1. The molecule has 0 aliphatic heterocycles. The molecule has 0 saturated heterocycles. The predicted octanol–water partition coefficient (Wildman–Crippen LogP) is 4.48. The molecule has 2 aromatic rings. The Bertz CT molecular complexity index is 724. The van der Waals surface area contributed by atoms with E-state index in [1.165, 1.54) is 12.1 Å². The average molecular weight is 335 g/mol. The van der Waals surface area contributed by atoms with E-state index in [4.69, 9.17) is 0 Å². The highest BCUT2D eigenvalue weighted by atomic mass is 19.4. The van der Waals surface area contributed by atoms with Crippen LogP contribution >= 0.6 is 0 Å². The molecule has 9 heteroatoms. The zero-order valence-corrected chi connectivity index (χ0v) is 11.1. The molecule has 0 unspecified atom stereocenters. The molecule has 0 radical (unpaired) electrons. The number of pyridine rings is 1. The highest BCUT2D eigenvalue weighted by Crippen LogP contribution is 2.35. The third-order valence-corrected chi connectivity index (χ3v) is 2.66. The van der Waals surface area contributed by atoms with Gasteiger partial charge in [-0.15, -0.1) is 13.2 Å². The summed E-state index contributed by atoms with van der Waals surface area (Å²) in [6, 6.07) is 6.02. The van der Waals surface area contributed by atoms with Gasteiger partial charge in [0.15, 0.2) is 0 Å². The molecule has 3 nitrogen and oxygen atoms in total. The number of hydrogen-bond donors (Lipinski definition) is 0. The molecule has 0 bridgehead atoms. The summed E-state index contributed by atoms with van der Waals surface area (Å²) in [7, 11) is 0. The minimum atomic E-state index is -5.02. The Morgan fingerprint density at radius 1 is 1.00 bits per heavy atom. The van der Waals surface area contributed by atoms with Gasteiger partial charge in [0.05, 0.1) is 5.69 Å². The highest BCUT2D eigenvalue weighted by Gasteiger charge is 2.35. The van der Waals surface area contributed by atoms with E-state index in [-0.39, 0.29) is 17.4 Å². The highest BCUT2D eigenvalue weighted by molar-refractivity contribution is 5.79. The molecule has 0 N–H and O–H groups in total. The molecule has 0 amide bonds. The van der Waals surface area contributed by atoms with Crippen LogP contribution in [-0.2, 0) is 6.18 Å². The van der Waals surface area contributed by atoms with Crippen LogP contribution in [0.25, 0.3) is 11.3 Å². The molecule has 2 rings (SSSR count). The molecule has 0 aliphatic rings. The molecular weight excluding hydrogens is 328 g/mol. The van der Waals surface area contributed by atoms with Crippen molar-refractivity contribution in [3.05, 3.63) is 47.7 Å². The number of halogens is 6. The fraction of sp³-hybridized carbons (Fsp3) is 0.143. The number of para-hydroxylation sites is 1. The number of carbonyl (C=O) groups is 1. The third-order valence-electron chi connectivity index (χ3n) is 2.66. The zero-order valence-electron chi connectivity index (χ0n) is 11.1. The maximum Gasteiger partial charge on any atom is 0.573 e. The van der Waals surface area contributed by atoms with Crippen LogP contribution in [0.4, 0.5) is 26.3 Å². The first-order valence-corrected chi connectivity index (χ1v) is 6.00. The van der Waals surface area contributed by atoms with Gasteiger partial charge in [-0.25, -0.2) is 4.98 Å². The lowest BCUT2D eigenvalue weighted by molar-refractivity contribution is -0.274. The Labute approximate surface area is 125 Å². The molecule has 0 spiro atoms. The van der Waals surface area contributed by atoms with Crippen LogP contribution in [-0.4, -0.2) is 17.6 Å². The summed E-state index contributed by atoms with van der Waals surface area (Å²) in [6.07, 6.45) is -9.73. The average Bonchev–Trinajstić information content (AvgIpc) is 2.44. The molecule has 0 atom stereocenters. The van der Waals surface area contributed by atoms with E-state index in [2.05, 4.69) is 9.72 Å². The predicted molar refractivity (Wildman–Crippen MR) is 66.7 cm³/mol. The van der Waals surface area contributed by atoms with Gasteiger partial charge in [-0.05, 0) is 24.3 Å². The Kier molecular flexibility index (Phi) is 4.31. The van der Waals surface area contributed by atoms with Crippen LogP contribution in [0.15, 0.2) is 36.4 Å². The lowest BCUT2D eigenvalue weighted by atomic mass is 10.1. The van der Waals surface area contributed by atoms with Crippen LogP contribution in [0, 0.1) is 0 Å². The summed E-state index contributed by atoms with van der Waals surface area (Å²) in [5, 5.41) is 0. The Morgan fingerprint density at radius 3 is 2.22 bits per heavy atom. The Morgan fingerprint density at radius 2 is 1.65 bits per heavy atom. The minimum absolute atomic E-state index is 0.146. The van der Waals surface area contributed by atoms with Crippen LogP contribution in [0.3, 0.4) is 0 Å². The first-order valence-electron chi connectivity index (χ1n) is 6.00. The largest absolute Gasteiger partial charge is 0.573 e. The number of benzene rings is 1. The normalized spacial score (nSPS) is 12.1. The van der Waals surface area contributed by atoms with Gasteiger partial charge in [-0.1, -0.05) is 12.1 Å². The smallest absolute Gasteiger partial charge is 0.405 e. The monoisotopic (exact) mass is 335 g/mol. The summed E-state index contributed by atoms with van der Waals surface area (Å²) >= 11 is 0. The maximum absolute atomic E-state index is 12.8. The van der Waals surface area contributed by atoms with Crippen LogP contribution < -0.4 is 4.74 Å². The lowest BCUT2D eigenvalue weighted by Gasteiger charge is -2.14. The van der Waals surface area contributed by atoms with E-state index in [0.29, 0.717) is 6.07 Å². The number of rotatable bonds is 3. The minimum Gasteiger partial charge on any atom is -0.405 e. The van der Waals surface area contributed by atoms with Crippen molar-refractivity contribution in [3.63, 3.8) is 0 Å². The van der Waals surface area contributed by atoms with Gasteiger partial charge < -0.3 is 4.74 Å². The number of nitrogens with zero attached hydrogens (tertiary/aromatic N) is 1. The lowest BCUT2D eigenvalue weighted by Crippen LogP contribution is -2.17. The third kappa shape index (κ3) is 4.21. The standard InChI is InChI=1S/C14H7F6NO2/c15-13(16,17)12-6-8(7-22)5-10(21-12)9-3-1-2-4-11(9)23-14(18,19)20/h1-7H. The van der Waals surface area contributed by atoms with E-state index in [1.54, 1.807) is 0 Å². The van der Waals surface area contributed by atoms with Crippen molar-refractivity contribution in [1.82, 2.24) is 4.98 Å². The molecule has 23 heavy (non-hydrogen) atoms. The van der Waals surface area contributed by atoms with Gasteiger partial charge in [-0.2, -0.15) is 13.2 Å². The van der Waals surface area contributed by atoms with Crippen LogP contribution in [0.2, 0.25) is 0 Å². The number of carbonyl (C=O) groups excluding carboxylic acids is 1. The van der Waals surface area contributed by atoms with Gasteiger partial charge >= 0.3 is 12.5 Å². The number of ether oxygens (including phenoxy) is 1. The summed E-state index contributed by atoms with van der Waals surface area (Å²) in [5.41, 5.74) is -2.54. The van der Waals surface area contributed by atoms with Crippen molar-refractivity contribution in [2.24, 2.45) is 0 Å². The maximum atomic E-state index is 12.8. The second kappa shape index (κ2) is 5.90. The fourth-order valence-corrected chi connectivity index (χ4v) is 1.79. The van der Waals surface area contributed by atoms with Crippen molar-refractivity contribution >= 4 is 6.29 Å². The second-order valence-electron chi connectivity index (χ2n) is 4.33. The van der Waals surface area contributed by atoms with Crippen molar-refractivity contribution in [1.29, 1.82) is 0 Å². The second-order valence-corrected chi connectivity index (χ2v) is 4.33. The first-order chi connectivity index (χ1) is 10.6. The van der Waals surface area contributed by atoms with E-state index in [0.717, 1.165) is 18.2 Å². The summed E-state index contributed by atoms with van der Waals surface area (Å²) in [4.78, 5) is 14.1. The van der Waals surface area contributed by atoms with E-state index < -0.39 is 29.7 Å². The van der Waals surface area contributed by atoms with Gasteiger partial charge in [-0.3, -0.25) is 4.79 Å². The number of aldehydes is 1. The molecule has 1 aromatic heterocycles. The fourth-order valence-electron chi connectivity index (χ4n) is 1.79. The molecule has 1 aromatic carbocycles. The quantitative estimate of drug-likeness (QED) is 0.613. The Balaban J connectivity index is 2.60. The SMILES string of the molecule is O=Cc1cc(-c2ccccc2OC(F)(F)F)nc(C(F)(F)F)c1. The van der Waals surface area contributed by atoms with Gasteiger partial charge in [0.25, 0.3) is 0 Å². The van der Waals surface area contributed by atoms with E-state index >= 15 is 0 Å². The van der Waals surface area contributed by atoms with Gasteiger partial charge in [0.1, 0.15) is 17.7 Å². The van der Waals surface area contributed by atoms with Crippen LogP contribution in [0.1, 0.15) is 16.1 Å². The van der Waals surface area contributed by atoms with Crippen LogP contribution in [0.5, 0.6) is 5.75 Å². The van der Waals surface area contributed by atoms with Crippen molar-refractivity contribution in [2.75, 3.05) is 0 Å². The zero-order chi connectivity index (χ0) is 17.3. The summed E-state index contributed by atoms with van der Waals surface area (Å²) < 4.78 is 79.2.